The summed E-state index contributed by atoms with van der Waals surface area (Å²) in [6, 6.07) is 4.42. The van der Waals surface area contributed by atoms with Crippen LogP contribution in [0, 0.1) is 11.7 Å². The van der Waals surface area contributed by atoms with Crippen molar-refractivity contribution in [2.24, 2.45) is 5.92 Å². The summed E-state index contributed by atoms with van der Waals surface area (Å²) in [5.74, 6) is -0.300. The Morgan fingerprint density at radius 2 is 2.05 bits per heavy atom. The number of aliphatic hydroxyl groups is 1. The van der Waals surface area contributed by atoms with Crippen molar-refractivity contribution in [2.75, 3.05) is 6.54 Å². The number of hydrogen-bond donors (Lipinski definition) is 2. The second-order valence-electron chi connectivity index (χ2n) is 4.99. The molecule has 3 nitrogen and oxygen atoms in total. The van der Waals surface area contributed by atoms with E-state index in [1.54, 1.807) is 6.07 Å². The molecule has 104 valence electrons. The van der Waals surface area contributed by atoms with Gasteiger partial charge in [-0.25, -0.2) is 4.39 Å². The molecule has 0 aromatic heterocycles. The normalized spacial score (nSPS) is 23.1. The molecule has 5 heteroatoms. The van der Waals surface area contributed by atoms with E-state index in [2.05, 4.69) is 21.2 Å². The molecular formula is C14H17BrFNO2. The van der Waals surface area contributed by atoms with Gasteiger partial charge in [0.15, 0.2) is 0 Å². The fourth-order valence-corrected chi connectivity index (χ4v) is 2.80. The minimum absolute atomic E-state index is 0.190. The van der Waals surface area contributed by atoms with E-state index < -0.39 is 5.82 Å². The third-order valence-corrected chi connectivity index (χ3v) is 4.37. The maximum Gasteiger partial charge on any atom is 0.252 e. The summed E-state index contributed by atoms with van der Waals surface area (Å²) in [7, 11) is 0. The van der Waals surface area contributed by atoms with Gasteiger partial charge in [0.05, 0.1) is 16.1 Å². The average Bonchev–Trinajstić information content (AvgIpc) is 2.41. The summed E-state index contributed by atoms with van der Waals surface area (Å²) in [5.41, 5.74) is 0.316. The maximum absolute atomic E-state index is 13.3. The lowest BCUT2D eigenvalue weighted by Crippen LogP contribution is -2.32. The molecule has 0 heterocycles. The van der Waals surface area contributed by atoms with E-state index in [0.717, 1.165) is 25.7 Å². The van der Waals surface area contributed by atoms with E-state index in [0.29, 0.717) is 18.0 Å². The van der Waals surface area contributed by atoms with Gasteiger partial charge in [-0.05, 0) is 59.7 Å². The quantitative estimate of drug-likeness (QED) is 0.895. The lowest BCUT2D eigenvalue weighted by molar-refractivity contribution is 0.0909. The highest BCUT2D eigenvalue weighted by molar-refractivity contribution is 9.10. The summed E-state index contributed by atoms with van der Waals surface area (Å²) in [5, 5.41) is 12.2. The maximum atomic E-state index is 13.3. The van der Waals surface area contributed by atoms with Gasteiger partial charge < -0.3 is 10.4 Å². The third kappa shape index (κ3) is 3.76. The van der Waals surface area contributed by atoms with Crippen LogP contribution >= 0.6 is 15.9 Å². The standard InChI is InChI=1S/C14H17BrFNO2/c15-13-11(2-1-3-12(13)16)14(19)17-8-9-4-6-10(18)7-5-9/h1-3,9-10,18H,4-8H2,(H,17,19). The Morgan fingerprint density at radius 1 is 1.37 bits per heavy atom. The molecule has 1 saturated carbocycles. The predicted octanol–water partition coefficient (Wildman–Crippen LogP) is 2.87. The molecule has 19 heavy (non-hydrogen) atoms. The van der Waals surface area contributed by atoms with Crippen LogP contribution in [0.2, 0.25) is 0 Å². The highest BCUT2D eigenvalue weighted by atomic mass is 79.9. The van der Waals surface area contributed by atoms with Crippen LogP contribution < -0.4 is 5.32 Å². The fourth-order valence-electron chi connectivity index (χ4n) is 2.36. The highest BCUT2D eigenvalue weighted by Gasteiger charge is 2.20. The van der Waals surface area contributed by atoms with Crippen molar-refractivity contribution in [3.63, 3.8) is 0 Å². The summed E-state index contributed by atoms with van der Waals surface area (Å²) < 4.78 is 13.5. The van der Waals surface area contributed by atoms with E-state index in [9.17, 15) is 14.3 Å². The first-order valence-corrected chi connectivity index (χ1v) is 7.27. The zero-order chi connectivity index (χ0) is 13.8. The molecule has 0 bridgehead atoms. The number of halogens is 2. The van der Waals surface area contributed by atoms with Crippen molar-refractivity contribution in [3.8, 4) is 0 Å². The number of amides is 1. The molecule has 0 saturated heterocycles. The Morgan fingerprint density at radius 3 is 2.74 bits per heavy atom. The Balaban J connectivity index is 1.89. The zero-order valence-corrected chi connectivity index (χ0v) is 12.1. The van der Waals surface area contributed by atoms with Crippen molar-refractivity contribution < 1.29 is 14.3 Å². The number of carbonyl (C=O) groups excluding carboxylic acids is 1. The molecule has 1 aliphatic rings. The monoisotopic (exact) mass is 329 g/mol. The van der Waals surface area contributed by atoms with Crippen LogP contribution in [0.3, 0.4) is 0 Å². The molecule has 2 N–H and O–H groups in total. The number of rotatable bonds is 3. The van der Waals surface area contributed by atoms with E-state index in [-0.39, 0.29) is 16.5 Å². The minimum Gasteiger partial charge on any atom is -0.393 e. The van der Waals surface area contributed by atoms with E-state index in [1.165, 1.54) is 12.1 Å². The van der Waals surface area contributed by atoms with Crippen molar-refractivity contribution in [2.45, 2.75) is 31.8 Å². The van der Waals surface area contributed by atoms with Gasteiger partial charge in [-0.1, -0.05) is 6.07 Å². The molecule has 1 aromatic carbocycles. The van der Waals surface area contributed by atoms with Crippen molar-refractivity contribution in [1.29, 1.82) is 0 Å². The molecule has 0 spiro atoms. The number of aliphatic hydroxyl groups excluding tert-OH is 1. The molecular weight excluding hydrogens is 313 g/mol. The number of carbonyl (C=O) groups is 1. The van der Waals surface area contributed by atoms with Crippen LogP contribution in [0.15, 0.2) is 22.7 Å². The SMILES string of the molecule is O=C(NCC1CCC(O)CC1)c1cccc(F)c1Br. The van der Waals surface area contributed by atoms with Gasteiger partial charge in [-0.2, -0.15) is 0 Å². The van der Waals surface area contributed by atoms with Crippen LogP contribution in [0.25, 0.3) is 0 Å². The van der Waals surface area contributed by atoms with Gasteiger partial charge in [0.1, 0.15) is 5.82 Å². The first kappa shape index (κ1) is 14.5. The van der Waals surface area contributed by atoms with E-state index >= 15 is 0 Å². The Bertz CT molecular complexity index is 459. The lowest BCUT2D eigenvalue weighted by Gasteiger charge is -2.25. The average molecular weight is 330 g/mol. The number of nitrogens with one attached hydrogen (secondary N) is 1. The molecule has 1 aliphatic carbocycles. The number of hydrogen-bond acceptors (Lipinski definition) is 2. The third-order valence-electron chi connectivity index (χ3n) is 3.56. The highest BCUT2D eigenvalue weighted by Crippen LogP contribution is 2.24. The number of benzene rings is 1. The fraction of sp³-hybridized carbons (Fsp3) is 0.500. The molecule has 0 unspecified atom stereocenters. The van der Waals surface area contributed by atoms with Crippen LogP contribution in [0.4, 0.5) is 4.39 Å². The predicted molar refractivity (Wildman–Crippen MR) is 74.4 cm³/mol. The minimum atomic E-state index is -0.437. The Labute approximate surface area is 120 Å². The first-order chi connectivity index (χ1) is 9.08. The van der Waals surface area contributed by atoms with Gasteiger partial charge in [-0.15, -0.1) is 0 Å². The second kappa shape index (κ2) is 6.48. The molecule has 1 aromatic rings. The van der Waals surface area contributed by atoms with Crippen LogP contribution in [-0.2, 0) is 0 Å². The van der Waals surface area contributed by atoms with Crippen molar-refractivity contribution in [3.05, 3.63) is 34.1 Å². The van der Waals surface area contributed by atoms with Gasteiger partial charge in [0.25, 0.3) is 5.91 Å². The van der Waals surface area contributed by atoms with Gasteiger partial charge in [0.2, 0.25) is 0 Å². The lowest BCUT2D eigenvalue weighted by atomic mass is 9.87. The van der Waals surface area contributed by atoms with Crippen LogP contribution in [-0.4, -0.2) is 23.7 Å². The second-order valence-corrected chi connectivity index (χ2v) is 5.78. The molecule has 0 atom stereocenters. The van der Waals surface area contributed by atoms with Gasteiger partial charge in [-0.3, -0.25) is 4.79 Å². The molecule has 1 amide bonds. The summed E-state index contributed by atoms with van der Waals surface area (Å²) in [4.78, 5) is 12.0. The largest absolute Gasteiger partial charge is 0.393 e. The van der Waals surface area contributed by atoms with Crippen LogP contribution in [0.1, 0.15) is 36.0 Å². The molecule has 0 aliphatic heterocycles. The first-order valence-electron chi connectivity index (χ1n) is 6.48. The zero-order valence-electron chi connectivity index (χ0n) is 10.5. The van der Waals surface area contributed by atoms with Gasteiger partial charge in [0, 0.05) is 6.54 Å². The summed E-state index contributed by atoms with van der Waals surface area (Å²) in [6.45, 7) is 0.578. The molecule has 2 rings (SSSR count). The van der Waals surface area contributed by atoms with Crippen molar-refractivity contribution >= 4 is 21.8 Å². The summed E-state index contributed by atoms with van der Waals surface area (Å²) in [6.07, 6.45) is 3.25. The topological polar surface area (TPSA) is 49.3 Å². The molecule has 1 fully saturated rings. The smallest absolute Gasteiger partial charge is 0.252 e. The molecule has 0 radical (unpaired) electrons. The van der Waals surface area contributed by atoms with E-state index in [4.69, 9.17) is 0 Å². The summed E-state index contributed by atoms with van der Waals surface area (Å²) >= 11 is 3.09. The van der Waals surface area contributed by atoms with E-state index in [1.807, 2.05) is 0 Å². The van der Waals surface area contributed by atoms with Crippen molar-refractivity contribution in [1.82, 2.24) is 5.32 Å². The van der Waals surface area contributed by atoms with Gasteiger partial charge >= 0.3 is 0 Å². The Hall–Kier alpha value is -0.940. The Kier molecular flexibility index (Phi) is 4.93. The van der Waals surface area contributed by atoms with Crippen LogP contribution in [0.5, 0.6) is 0 Å².